The van der Waals surface area contributed by atoms with E-state index in [-0.39, 0.29) is 17.3 Å². The maximum absolute atomic E-state index is 12.3. The zero-order valence-electron chi connectivity index (χ0n) is 18.7. The summed E-state index contributed by atoms with van der Waals surface area (Å²) >= 11 is 12.3. The van der Waals surface area contributed by atoms with Crippen molar-refractivity contribution in [3.63, 3.8) is 0 Å². The van der Waals surface area contributed by atoms with Crippen molar-refractivity contribution in [2.45, 2.75) is 20.3 Å². The van der Waals surface area contributed by atoms with Crippen LogP contribution in [-0.4, -0.2) is 30.5 Å². The first kappa shape index (κ1) is 26.1. The number of rotatable bonds is 5. The number of halogens is 2. The predicted molar refractivity (Wildman–Crippen MR) is 135 cm³/mol. The molecule has 0 spiro atoms. The van der Waals surface area contributed by atoms with E-state index in [0.29, 0.717) is 22.6 Å². The Kier molecular flexibility index (Phi) is 8.77. The summed E-state index contributed by atoms with van der Waals surface area (Å²) in [4.78, 5) is 16.4. The minimum atomic E-state index is -0.750. The molecule has 0 aliphatic heterocycles. The summed E-state index contributed by atoms with van der Waals surface area (Å²) in [6, 6.07) is 17.9. The van der Waals surface area contributed by atoms with Gasteiger partial charge in [-0.15, -0.1) is 0 Å². The molecule has 0 atom stereocenters. The highest BCUT2D eigenvalue weighted by Crippen LogP contribution is 2.34. The number of hydrogen-bond donors (Lipinski definition) is 0. The van der Waals surface area contributed by atoms with E-state index in [1.54, 1.807) is 6.92 Å². The Hall–Kier alpha value is -3.51. The SMILES string of the molecule is CCOC(=O)c1ncc(Cl)c(Cc2cc3c(C)cc(C#N)cc3n2-c2ccccc2)c1Cl.O=S=O. The Morgan fingerprint density at radius 1 is 1.17 bits per heavy atom. The summed E-state index contributed by atoms with van der Waals surface area (Å²) in [5, 5.41) is 11.0. The molecule has 4 rings (SSSR count). The smallest absolute Gasteiger partial charge is 0.358 e. The third-order valence-corrected chi connectivity index (χ3v) is 5.98. The summed E-state index contributed by atoms with van der Waals surface area (Å²) in [5.41, 5.74) is 4.97. The Morgan fingerprint density at radius 2 is 1.86 bits per heavy atom. The zero-order chi connectivity index (χ0) is 25.5. The number of hydrogen-bond acceptors (Lipinski definition) is 6. The molecule has 0 amide bonds. The van der Waals surface area contributed by atoms with Gasteiger partial charge in [0, 0.05) is 29.4 Å². The van der Waals surface area contributed by atoms with E-state index >= 15 is 0 Å². The van der Waals surface area contributed by atoms with Gasteiger partial charge in [0.1, 0.15) is 0 Å². The molecule has 35 heavy (non-hydrogen) atoms. The van der Waals surface area contributed by atoms with Gasteiger partial charge >= 0.3 is 17.5 Å². The predicted octanol–water partition coefficient (Wildman–Crippen LogP) is 5.61. The van der Waals surface area contributed by atoms with Gasteiger partial charge in [-0.3, -0.25) is 0 Å². The van der Waals surface area contributed by atoms with Gasteiger partial charge in [-0.05, 0) is 55.3 Å². The summed E-state index contributed by atoms with van der Waals surface area (Å²) in [7, 11) is 0. The van der Waals surface area contributed by atoms with E-state index in [0.717, 1.165) is 27.8 Å². The van der Waals surface area contributed by atoms with Gasteiger partial charge in [0.25, 0.3) is 0 Å². The average molecular weight is 528 g/mol. The van der Waals surface area contributed by atoms with Gasteiger partial charge < -0.3 is 9.30 Å². The van der Waals surface area contributed by atoms with Crippen molar-refractivity contribution in [3.8, 4) is 11.8 Å². The number of ether oxygens (including phenoxy) is 1. The van der Waals surface area contributed by atoms with Crippen LogP contribution in [0.25, 0.3) is 16.6 Å². The van der Waals surface area contributed by atoms with E-state index in [9.17, 15) is 10.1 Å². The molecular weight excluding hydrogens is 509 g/mol. The van der Waals surface area contributed by atoms with Crippen LogP contribution in [0, 0.1) is 18.3 Å². The number of nitriles is 1. The number of esters is 1. The lowest BCUT2D eigenvalue weighted by Crippen LogP contribution is -2.10. The van der Waals surface area contributed by atoms with Crippen LogP contribution >= 0.6 is 23.2 Å². The van der Waals surface area contributed by atoms with E-state index in [2.05, 4.69) is 21.7 Å². The molecule has 4 aromatic rings. The number of para-hydroxylation sites is 1. The Balaban J connectivity index is 0.00000108. The van der Waals surface area contributed by atoms with Crippen molar-refractivity contribution in [1.82, 2.24) is 9.55 Å². The summed E-state index contributed by atoms with van der Waals surface area (Å²) < 4.78 is 23.7. The Labute approximate surface area is 215 Å². The van der Waals surface area contributed by atoms with Crippen molar-refractivity contribution in [1.29, 1.82) is 5.26 Å². The first-order valence-electron chi connectivity index (χ1n) is 10.4. The highest BCUT2D eigenvalue weighted by Gasteiger charge is 2.21. The maximum Gasteiger partial charge on any atom is 0.358 e. The van der Waals surface area contributed by atoms with Crippen LogP contribution in [0.15, 0.2) is 54.7 Å². The molecule has 0 unspecified atom stereocenters. The normalized spacial score (nSPS) is 10.3. The third-order valence-electron chi connectivity index (χ3n) is 5.24. The second kappa shape index (κ2) is 11.8. The van der Waals surface area contributed by atoms with Crippen LogP contribution in [0.3, 0.4) is 0 Å². The van der Waals surface area contributed by atoms with E-state index in [4.69, 9.17) is 36.4 Å². The minimum Gasteiger partial charge on any atom is -0.461 e. The van der Waals surface area contributed by atoms with E-state index < -0.39 is 17.5 Å². The zero-order valence-corrected chi connectivity index (χ0v) is 21.1. The number of benzene rings is 2. The lowest BCUT2D eigenvalue weighted by atomic mass is 10.1. The average Bonchev–Trinajstić information content (AvgIpc) is 3.21. The molecule has 0 bridgehead atoms. The van der Waals surface area contributed by atoms with Crippen LogP contribution < -0.4 is 0 Å². The second-order valence-corrected chi connectivity index (χ2v) is 8.28. The van der Waals surface area contributed by atoms with Crippen molar-refractivity contribution in [3.05, 3.63) is 92.9 Å². The van der Waals surface area contributed by atoms with Crippen LogP contribution in [0.4, 0.5) is 0 Å². The molecule has 0 radical (unpaired) electrons. The van der Waals surface area contributed by atoms with Gasteiger partial charge in [-0.2, -0.15) is 13.7 Å². The van der Waals surface area contributed by atoms with Gasteiger partial charge in [0.05, 0.1) is 33.8 Å². The van der Waals surface area contributed by atoms with E-state index in [1.807, 2.05) is 49.4 Å². The Morgan fingerprint density at radius 3 is 2.49 bits per heavy atom. The lowest BCUT2D eigenvalue weighted by Gasteiger charge is -2.14. The lowest BCUT2D eigenvalue weighted by molar-refractivity contribution is 0.0519. The quantitative estimate of drug-likeness (QED) is 0.312. The molecule has 0 aliphatic carbocycles. The fourth-order valence-electron chi connectivity index (χ4n) is 3.80. The van der Waals surface area contributed by atoms with Crippen LogP contribution in [0.1, 0.15) is 39.8 Å². The topological polar surface area (TPSA) is 102 Å². The highest BCUT2D eigenvalue weighted by atomic mass is 35.5. The van der Waals surface area contributed by atoms with Gasteiger partial charge in [-0.25, -0.2) is 9.78 Å². The second-order valence-electron chi connectivity index (χ2n) is 7.36. The fraction of sp³-hybridized carbons (Fsp3) is 0.160. The molecular formula is C25H19Cl2N3O4S. The van der Waals surface area contributed by atoms with Gasteiger partial charge in [0.2, 0.25) is 0 Å². The molecule has 2 aromatic heterocycles. The number of aromatic nitrogens is 2. The summed E-state index contributed by atoms with van der Waals surface area (Å²) in [6.07, 6.45) is 1.78. The van der Waals surface area contributed by atoms with Crippen molar-refractivity contribution >= 4 is 51.6 Å². The number of fused-ring (bicyclic) bond motifs is 1. The largest absolute Gasteiger partial charge is 0.461 e. The molecule has 0 saturated carbocycles. The highest BCUT2D eigenvalue weighted by molar-refractivity contribution is 7.51. The Bertz CT molecular complexity index is 1470. The maximum atomic E-state index is 12.3. The summed E-state index contributed by atoms with van der Waals surface area (Å²) in [5.74, 6) is -0.589. The molecule has 2 aromatic carbocycles. The monoisotopic (exact) mass is 527 g/mol. The van der Waals surface area contributed by atoms with Crippen molar-refractivity contribution in [2.75, 3.05) is 6.61 Å². The number of nitrogens with zero attached hydrogens (tertiary/aromatic N) is 3. The van der Waals surface area contributed by atoms with Crippen LogP contribution in [0.5, 0.6) is 0 Å². The van der Waals surface area contributed by atoms with Crippen LogP contribution in [0.2, 0.25) is 10.0 Å². The first-order chi connectivity index (χ1) is 16.9. The summed E-state index contributed by atoms with van der Waals surface area (Å²) in [6.45, 7) is 3.92. The third kappa shape index (κ3) is 5.60. The number of pyridine rings is 1. The number of carbonyl (C=O) groups is 1. The standard InChI is InChI=1S/C25H19Cl2N3O2.O2S/c1-3-32-25(31)24-23(27)20(21(26)14-29-24)12-18-11-19-15(2)9-16(13-28)10-22(19)30(18)17-7-5-4-6-8-17;1-3-2/h4-11,14H,3,12H2,1-2H3;. The fourth-order valence-corrected chi connectivity index (χ4v) is 4.36. The first-order valence-corrected chi connectivity index (χ1v) is 11.8. The van der Waals surface area contributed by atoms with E-state index in [1.165, 1.54) is 6.20 Å². The molecule has 0 aliphatic rings. The number of carbonyl (C=O) groups excluding carboxylic acids is 1. The van der Waals surface area contributed by atoms with Gasteiger partial charge in [-0.1, -0.05) is 41.4 Å². The van der Waals surface area contributed by atoms with Gasteiger partial charge in [0.15, 0.2) is 5.69 Å². The van der Waals surface area contributed by atoms with Crippen LogP contribution in [-0.2, 0) is 22.7 Å². The molecule has 0 fully saturated rings. The number of aryl methyl sites for hydroxylation is 1. The molecule has 10 heteroatoms. The molecule has 178 valence electrons. The molecule has 0 N–H and O–H groups in total. The molecule has 2 heterocycles. The van der Waals surface area contributed by atoms with Crippen molar-refractivity contribution in [2.24, 2.45) is 0 Å². The van der Waals surface area contributed by atoms with Crippen molar-refractivity contribution < 1.29 is 17.9 Å². The molecule has 0 saturated heterocycles. The minimum absolute atomic E-state index is 0.0400. The molecule has 7 nitrogen and oxygen atoms in total.